The van der Waals surface area contributed by atoms with Crippen molar-refractivity contribution in [2.75, 3.05) is 39.9 Å². The molecule has 0 atom stereocenters. The van der Waals surface area contributed by atoms with E-state index in [1.165, 1.54) is 0 Å². The maximum absolute atomic E-state index is 12.0. The number of amides is 1. The van der Waals surface area contributed by atoms with Gasteiger partial charge in [-0.15, -0.1) is 5.10 Å². The van der Waals surface area contributed by atoms with Crippen molar-refractivity contribution in [2.45, 2.75) is 18.9 Å². The lowest BCUT2D eigenvalue weighted by atomic mass is 10.1. The molecule has 0 spiro atoms. The lowest BCUT2D eigenvalue weighted by Gasteiger charge is -2.30. The Bertz CT molecular complexity index is 702. The molecule has 2 aromatic rings. The summed E-state index contributed by atoms with van der Waals surface area (Å²) in [5.41, 5.74) is 0.352. The molecular formula is C18H25N5O3. The molecule has 8 nitrogen and oxygen atoms in total. The Morgan fingerprint density at radius 3 is 3.04 bits per heavy atom. The van der Waals surface area contributed by atoms with Crippen LogP contribution in [0.5, 0.6) is 0 Å². The van der Waals surface area contributed by atoms with Gasteiger partial charge in [0.05, 0.1) is 25.1 Å². The number of nitrogens with one attached hydrogen (secondary N) is 1. The third kappa shape index (κ3) is 5.03. The number of methoxy groups -OCH3 is 1. The van der Waals surface area contributed by atoms with Crippen LogP contribution in [0, 0.1) is 0 Å². The van der Waals surface area contributed by atoms with Crippen molar-refractivity contribution in [1.82, 2.24) is 25.2 Å². The maximum atomic E-state index is 12.0. The van der Waals surface area contributed by atoms with Crippen LogP contribution in [0.2, 0.25) is 0 Å². The van der Waals surface area contributed by atoms with E-state index in [2.05, 4.69) is 26.6 Å². The molecule has 0 unspecified atom stereocenters. The average Bonchev–Trinajstić information content (AvgIpc) is 3.34. The van der Waals surface area contributed by atoms with Crippen LogP contribution in [0.4, 0.5) is 0 Å². The van der Waals surface area contributed by atoms with Gasteiger partial charge in [0.1, 0.15) is 5.76 Å². The summed E-state index contributed by atoms with van der Waals surface area (Å²) in [6.07, 6.45) is 9.51. The zero-order valence-electron chi connectivity index (χ0n) is 15.0. The lowest BCUT2D eigenvalue weighted by molar-refractivity contribution is 0.0932. The van der Waals surface area contributed by atoms with Gasteiger partial charge in [0.15, 0.2) is 5.69 Å². The number of furan rings is 1. The Kier molecular flexibility index (Phi) is 6.56. The van der Waals surface area contributed by atoms with Gasteiger partial charge in [0, 0.05) is 33.3 Å². The van der Waals surface area contributed by atoms with Crippen molar-refractivity contribution < 1.29 is 13.9 Å². The summed E-state index contributed by atoms with van der Waals surface area (Å²) in [7, 11) is 1.60. The van der Waals surface area contributed by atoms with Crippen LogP contribution in [-0.2, 0) is 4.74 Å². The van der Waals surface area contributed by atoms with E-state index in [1.807, 2.05) is 22.9 Å². The van der Waals surface area contributed by atoms with Gasteiger partial charge in [0.25, 0.3) is 5.91 Å². The minimum Gasteiger partial charge on any atom is -0.465 e. The Morgan fingerprint density at radius 2 is 2.31 bits per heavy atom. The molecule has 1 fully saturated rings. The maximum Gasteiger partial charge on any atom is 0.273 e. The van der Waals surface area contributed by atoms with Crippen molar-refractivity contribution >= 4 is 12.0 Å². The van der Waals surface area contributed by atoms with E-state index in [0.29, 0.717) is 18.8 Å². The van der Waals surface area contributed by atoms with Gasteiger partial charge in [-0.3, -0.25) is 9.69 Å². The molecule has 1 amide bonds. The second-order valence-corrected chi connectivity index (χ2v) is 6.28. The molecule has 0 radical (unpaired) electrons. The highest BCUT2D eigenvalue weighted by Crippen LogP contribution is 2.21. The monoisotopic (exact) mass is 359 g/mol. The number of rotatable bonds is 8. The Hall–Kier alpha value is -2.45. The molecule has 3 heterocycles. The Labute approximate surface area is 152 Å². The molecule has 1 aliphatic rings. The predicted molar refractivity (Wildman–Crippen MR) is 96.7 cm³/mol. The highest BCUT2D eigenvalue weighted by Gasteiger charge is 2.22. The topological polar surface area (TPSA) is 85.4 Å². The van der Waals surface area contributed by atoms with Crippen molar-refractivity contribution in [3.8, 4) is 0 Å². The van der Waals surface area contributed by atoms with Gasteiger partial charge >= 0.3 is 0 Å². The fourth-order valence-electron chi connectivity index (χ4n) is 2.99. The molecule has 1 aliphatic heterocycles. The van der Waals surface area contributed by atoms with E-state index >= 15 is 0 Å². The summed E-state index contributed by atoms with van der Waals surface area (Å²) >= 11 is 0. The van der Waals surface area contributed by atoms with Crippen LogP contribution in [0.25, 0.3) is 6.08 Å². The average molecular weight is 359 g/mol. The summed E-state index contributed by atoms with van der Waals surface area (Å²) in [6, 6.07) is 4.11. The Morgan fingerprint density at radius 1 is 1.46 bits per heavy atom. The summed E-state index contributed by atoms with van der Waals surface area (Å²) in [4.78, 5) is 14.4. The number of carbonyl (C=O) groups is 1. The molecule has 0 saturated carbocycles. The van der Waals surface area contributed by atoms with Gasteiger partial charge in [-0.2, -0.15) is 0 Å². The molecule has 1 N–H and O–H groups in total. The third-order valence-electron chi connectivity index (χ3n) is 4.45. The summed E-state index contributed by atoms with van der Waals surface area (Å²) in [6.45, 7) is 3.82. The third-order valence-corrected chi connectivity index (χ3v) is 4.45. The second-order valence-electron chi connectivity index (χ2n) is 6.28. The predicted octanol–water partition coefficient (Wildman–Crippen LogP) is 1.60. The van der Waals surface area contributed by atoms with Crippen LogP contribution in [0.15, 0.2) is 35.1 Å². The molecule has 140 valence electrons. The van der Waals surface area contributed by atoms with Crippen LogP contribution < -0.4 is 5.32 Å². The van der Waals surface area contributed by atoms with E-state index in [4.69, 9.17) is 9.15 Å². The zero-order valence-corrected chi connectivity index (χ0v) is 15.0. The number of hydrogen-bond acceptors (Lipinski definition) is 6. The number of hydrogen-bond donors (Lipinski definition) is 1. The molecule has 3 rings (SSSR count). The fourth-order valence-corrected chi connectivity index (χ4v) is 2.99. The van der Waals surface area contributed by atoms with E-state index in [1.54, 1.807) is 19.6 Å². The first-order valence-corrected chi connectivity index (χ1v) is 8.87. The molecule has 1 saturated heterocycles. The van der Waals surface area contributed by atoms with Gasteiger partial charge < -0.3 is 14.5 Å². The van der Waals surface area contributed by atoms with Gasteiger partial charge in [0.2, 0.25) is 0 Å². The van der Waals surface area contributed by atoms with E-state index in [9.17, 15) is 4.79 Å². The van der Waals surface area contributed by atoms with Crippen molar-refractivity contribution in [1.29, 1.82) is 0 Å². The minimum absolute atomic E-state index is 0.214. The molecular weight excluding hydrogens is 334 g/mol. The molecule has 8 heteroatoms. The van der Waals surface area contributed by atoms with E-state index in [-0.39, 0.29) is 11.9 Å². The first-order chi connectivity index (χ1) is 12.8. The highest BCUT2D eigenvalue weighted by atomic mass is 16.5. The number of nitrogens with zero attached hydrogens (tertiary/aromatic N) is 4. The van der Waals surface area contributed by atoms with Crippen molar-refractivity contribution in [3.05, 3.63) is 42.1 Å². The minimum atomic E-state index is -0.214. The number of ether oxygens (including phenoxy) is 1. The fraction of sp³-hybridized carbons (Fsp3) is 0.500. The molecule has 26 heavy (non-hydrogen) atoms. The van der Waals surface area contributed by atoms with Crippen molar-refractivity contribution in [3.63, 3.8) is 0 Å². The first kappa shape index (κ1) is 18.3. The first-order valence-electron chi connectivity index (χ1n) is 8.87. The Balaban J connectivity index is 1.44. The summed E-state index contributed by atoms with van der Waals surface area (Å²) in [5, 5.41) is 10.9. The smallest absolute Gasteiger partial charge is 0.273 e. The quantitative estimate of drug-likeness (QED) is 0.721. The van der Waals surface area contributed by atoms with E-state index < -0.39 is 0 Å². The van der Waals surface area contributed by atoms with Crippen molar-refractivity contribution in [2.24, 2.45) is 0 Å². The molecule has 0 aliphatic carbocycles. The van der Waals surface area contributed by atoms with Gasteiger partial charge in [-0.1, -0.05) is 11.3 Å². The number of aromatic nitrogens is 3. The SMILES string of the molecule is COCCNC(=O)c1cn(C2CCN(CC=Cc3ccco3)CC2)nn1. The molecule has 0 aromatic carbocycles. The van der Waals surface area contributed by atoms with Gasteiger partial charge in [-0.25, -0.2) is 4.68 Å². The second kappa shape index (κ2) is 9.30. The standard InChI is InChI=1S/C18H25N5O3/c1-25-13-8-19-18(24)17-14-23(21-20-17)15-6-10-22(11-7-15)9-2-4-16-5-3-12-26-16/h2-5,12,14-15H,6-11,13H2,1H3,(H,19,24). The van der Waals surface area contributed by atoms with E-state index in [0.717, 1.165) is 38.2 Å². The van der Waals surface area contributed by atoms with Crippen LogP contribution >= 0.6 is 0 Å². The van der Waals surface area contributed by atoms with Crippen LogP contribution in [0.1, 0.15) is 35.1 Å². The number of likely N-dealkylation sites (tertiary alicyclic amines) is 1. The van der Waals surface area contributed by atoms with Gasteiger partial charge in [-0.05, 0) is 31.1 Å². The van der Waals surface area contributed by atoms with Crippen LogP contribution in [0.3, 0.4) is 0 Å². The normalized spacial score (nSPS) is 16.3. The highest BCUT2D eigenvalue weighted by molar-refractivity contribution is 5.91. The molecule has 2 aromatic heterocycles. The number of piperidine rings is 1. The summed E-state index contributed by atoms with van der Waals surface area (Å²) < 4.78 is 12.0. The zero-order chi connectivity index (χ0) is 18.2. The summed E-state index contributed by atoms with van der Waals surface area (Å²) in [5.74, 6) is 0.660. The van der Waals surface area contributed by atoms with Crippen LogP contribution in [-0.4, -0.2) is 65.7 Å². The lowest BCUT2D eigenvalue weighted by Crippen LogP contribution is -2.34. The largest absolute Gasteiger partial charge is 0.465 e. The number of carbonyl (C=O) groups excluding carboxylic acids is 1. The molecule has 0 bridgehead atoms.